The average Bonchev–Trinajstić information content (AvgIpc) is 3.42. The van der Waals surface area contributed by atoms with Gasteiger partial charge in [-0.15, -0.1) is 0 Å². The minimum absolute atomic E-state index is 0.0459. The number of benzene rings is 3. The van der Waals surface area contributed by atoms with Gasteiger partial charge in [0, 0.05) is 18.2 Å². The first-order chi connectivity index (χ1) is 18.2. The lowest BCUT2D eigenvalue weighted by Crippen LogP contribution is -2.48. The van der Waals surface area contributed by atoms with Crippen LogP contribution in [-0.2, 0) is 21.2 Å². The number of fused-ring (bicyclic) bond motifs is 1. The van der Waals surface area contributed by atoms with Gasteiger partial charge in [0.15, 0.2) is 5.82 Å². The molecule has 38 heavy (non-hydrogen) atoms. The van der Waals surface area contributed by atoms with Gasteiger partial charge in [0.05, 0.1) is 16.0 Å². The maximum absolute atomic E-state index is 13.5. The minimum Gasteiger partial charge on any atom is -0.360 e. The number of nitrogens with one attached hydrogen (secondary N) is 2. The van der Waals surface area contributed by atoms with E-state index in [-0.39, 0.29) is 28.3 Å². The standard InChI is InChI=1S/C27H22N4O6S/c1-17-15-24(29-37-17)30-38(35,36)20-13-11-19(12-14-20)28-25(32)23(16-18-7-3-2-4-8-18)31-26(33)21-9-5-6-10-22(21)27(31)34/h2-15,23H,16H2,1H3,(H,28,32)(H,29,30)/t23-/m1/s1. The number of anilines is 2. The molecule has 4 aromatic rings. The molecule has 0 saturated heterocycles. The molecule has 1 aromatic heterocycles. The number of hydrogen-bond donors (Lipinski definition) is 2. The van der Waals surface area contributed by atoms with Gasteiger partial charge >= 0.3 is 0 Å². The van der Waals surface area contributed by atoms with Gasteiger partial charge in [-0.05, 0) is 48.9 Å². The fourth-order valence-electron chi connectivity index (χ4n) is 4.18. The maximum Gasteiger partial charge on any atom is 0.263 e. The van der Waals surface area contributed by atoms with Gasteiger partial charge in [-0.2, -0.15) is 0 Å². The van der Waals surface area contributed by atoms with E-state index < -0.39 is 33.8 Å². The Labute approximate surface area is 218 Å². The minimum atomic E-state index is -3.94. The van der Waals surface area contributed by atoms with Crippen LogP contribution in [0.1, 0.15) is 32.0 Å². The Hall–Kier alpha value is -4.77. The summed E-state index contributed by atoms with van der Waals surface area (Å²) in [5.41, 5.74) is 1.54. The molecule has 192 valence electrons. The Kier molecular flexibility index (Phi) is 6.52. The Morgan fingerprint density at radius 3 is 2.11 bits per heavy atom. The topological polar surface area (TPSA) is 139 Å². The zero-order valence-corrected chi connectivity index (χ0v) is 20.9. The molecule has 11 heteroatoms. The lowest BCUT2D eigenvalue weighted by molar-refractivity contribution is -0.119. The van der Waals surface area contributed by atoms with Crippen molar-refractivity contribution in [3.8, 4) is 0 Å². The van der Waals surface area contributed by atoms with Crippen molar-refractivity contribution in [1.82, 2.24) is 10.1 Å². The summed E-state index contributed by atoms with van der Waals surface area (Å²) >= 11 is 0. The molecule has 10 nitrogen and oxygen atoms in total. The van der Waals surface area contributed by atoms with Crippen LogP contribution < -0.4 is 10.0 Å². The van der Waals surface area contributed by atoms with Gasteiger partial charge in [-0.3, -0.25) is 24.0 Å². The fourth-order valence-corrected chi connectivity index (χ4v) is 5.17. The molecular formula is C27H22N4O6S. The Morgan fingerprint density at radius 2 is 1.53 bits per heavy atom. The van der Waals surface area contributed by atoms with Crippen molar-refractivity contribution in [3.63, 3.8) is 0 Å². The predicted molar refractivity (Wildman–Crippen MR) is 138 cm³/mol. The number of aromatic nitrogens is 1. The SMILES string of the molecule is Cc1cc(NS(=O)(=O)c2ccc(NC(=O)[C@@H](Cc3ccccc3)N3C(=O)c4ccccc4C3=O)cc2)no1. The largest absolute Gasteiger partial charge is 0.360 e. The highest BCUT2D eigenvalue weighted by molar-refractivity contribution is 7.92. The zero-order chi connectivity index (χ0) is 26.9. The normalized spacial score (nSPS) is 13.8. The van der Waals surface area contributed by atoms with Gasteiger partial charge in [0.2, 0.25) is 5.91 Å². The van der Waals surface area contributed by atoms with Gasteiger partial charge in [0.1, 0.15) is 11.8 Å². The molecule has 0 spiro atoms. The summed E-state index contributed by atoms with van der Waals surface area (Å²) < 4.78 is 32.5. The third-order valence-electron chi connectivity index (χ3n) is 6.01. The van der Waals surface area contributed by atoms with Crippen LogP contribution >= 0.6 is 0 Å². The summed E-state index contributed by atoms with van der Waals surface area (Å²) in [6.45, 7) is 1.63. The number of sulfonamides is 1. The number of imide groups is 1. The molecule has 2 heterocycles. The van der Waals surface area contributed by atoms with Gasteiger partial charge in [-0.25, -0.2) is 8.42 Å². The average molecular weight is 531 g/mol. The van der Waals surface area contributed by atoms with Crippen LogP contribution in [-0.4, -0.2) is 42.2 Å². The van der Waals surface area contributed by atoms with Crippen LogP contribution in [0.15, 0.2) is 94.3 Å². The highest BCUT2D eigenvalue weighted by Gasteiger charge is 2.42. The van der Waals surface area contributed by atoms with Gasteiger partial charge in [0.25, 0.3) is 21.8 Å². The van der Waals surface area contributed by atoms with E-state index in [0.717, 1.165) is 10.5 Å². The molecule has 2 N–H and O–H groups in total. The summed E-state index contributed by atoms with van der Waals surface area (Å²) in [5.74, 6) is -1.18. The van der Waals surface area contributed by atoms with Crippen LogP contribution in [0.4, 0.5) is 11.5 Å². The predicted octanol–water partition coefficient (Wildman–Crippen LogP) is 3.63. The van der Waals surface area contributed by atoms with Crippen LogP contribution in [0, 0.1) is 6.92 Å². The Morgan fingerprint density at radius 1 is 0.921 bits per heavy atom. The molecule has 0 saturated carbocycles. The van der Waals surface area contributed by atoms with E-state index in [1.165, 1.54) is 30.3 Å². The van der Waals surface area contributed by atoms with Crippen molar-refractivity contribution in [1.29, 1.82) is 0 Å². The molecule has 1 aliphatic rings. The first-order valence-corrected chi connectivity index (χ1v) is 13.1. The number of amides is 3. The molecule has 3 aromatic carbocycles. The second-order valence-electron chi connectivity index (χ2n) is 8.67. The molecule has 1 atom stereocenters. The molecule has 1 aliphatic heterocycles. The number of carbonyl (C=O) groups is 3. The van der Waals surface area contributed by atoms with Crippen molar-refractivity contribution in [2.75, 3.05) is 10.0 Å². The van der Waals surface area contributed by atoms with Crippen molar-refractivity contribution >= 4 is 39.3 Å². The lowest BCUT2D eigenvalue weighted by Gasteiger charge is -2.25. The second-order valence-corrected chi connectivity index (χ2v) is 10.4. The maximum atomic E-state index is 13.5. The zero-order valence-electron chi connectivity index (χ0n) is 20.1. The monoisotopic (exact) mass is 530 g/mol. The summed E-state index contributed by atoms with van der Waals surface area (Å²) in [4.78, 5) is 40.7. The highest BCUT2D eigenvalue weighted by atomic mass is 32.2. The molecular weight excluding hydrogens is 508 g/mol. The first kappa shape index (κ1) is 24.9. The van der Waals surface area contributed by atoms with E-state index in [2.05, 4.69) is 15.2 Å². The van der Waals surface area contributed by atoms with Gasteiger partial charge < -0.3 is 9.84 Å². The molecule has 3 amide bonds. The molecule has 0 bridgehead atoms. The molecule has 0 aliphatic carbocycles. The third-order valence-corrected chi connectivity index (χ3v) is 7.38. The van der Waals surface area contributed by atoms with Crippen LogP contribution in [0.25, 0.3) is 0 Å². The lowest BCUT2D eigenvalue weighted by atomic mass is 10.0. The molecule has 0 unspecified atom stereocenters. The van der Waals surface area contributed by atoms with Crippen LogP contribution in [0.3, 0.4) is 0 Å². The Bertz CT molecular complexity index is 1600. The van der Waals surface area contributed by atoms with E-state index in [1.54, 1.807) is 43.3 Å². The van der Waals surface area contributed by atoms with E-state index in [1.807, 2.05) is 18.2 Å². The fraction of sp³-hybridized carbons (Fsp3) is 0.111. The summed E-state index contributed by atoms with van der Waals surface area (Å²) in [5, 5.41) is 6.33. The summed E-state index contributed by atoms with van der Waals surface area (Å²) in [7, 11) is -3.94. The molecule has 5 rings (SSSR count). The Balaban J connectivity index is 1.38. The first-order valence-electron chi connectivity index (χ1n) is 11.6. The second kappa shape index (κ2) is 9.94. The molecule has 0 radical (unpaired) electrons. The van der Waals surface area contributed by atoms with Crippen LogP contribution in [0.2, 0.25) is 0 Å². The van der Waals surface area contributed by atoms with Crippen molar-refractivity contribution in [3.05, 3.63) is 107 Å². The number of hydrogen-bond acceptors (Lipinski definition) is 7. The smallest absolute Gasteiger partial charge is 0.263 e. The number of rotatable bonds is 8. The van der Waals surface area contributed by atoms with E-state index in [0.29, 0.717) is 11.4 Å². The van der Waals surface area contributed by atoms with Crippen molar-refractivity contribution in [2.24, 2.45) is 0 Å². The highest BCUT2D eigenvalue weighted by Crippen LogP contribution is 2.27. The van der Waals surface area contributed by atoms with Crippen molar-refractivity contribution < 1.29 is 27.3 Å². The van der Waals surface area contributed by atoms with Crippen molar-refractivity contribution in [2.45, 2.75) is 24.3 Å². The molecule has 0 fully saturated rings. The summed E-state index contributed by atoms with van der Waals surface area (Å²) in [6.07, 6.45) is 0.103. The van der Waals surface area contributed by atoms with E-state index in [4.69, 9.17) is 4.52 Å². The van der Waals surface area contributed by atoms with E-state index in [9.17, 15) is 22.8 Å². The summed E-state index contributed by atoms with van der Waals surface area (Å²) in [6, 6.07) is 21.3. The number of carbonyl (C=O) groups excluding carboxylic acids is 3. The van der Waals surface area contributed by atoms with E-state index >= 15 is 0 Å². The number of aryl methyl sites for hydroxylation is 1. The van der Waals surface area contributed by atoms with Gasteiger partial charge in [-0.1, -0.05) is 47.6 Å². The third kappa shape index (κ3) is 4.91. The quantitative estimate of drug-likeness (QED) is 0.332. The number of nitrogens with zero attached hydrogens (tertiary/aromatic N) is 2. The van der Waals surface area contributed by atoms with Crippen LogP contribution in [0.5, 0.6) is 0 Å².